The summed E-state index contributed by atoms with van der Waals surface area (Å²) in [5.74, 6) is 0.906. The fraction of sp³-hybridized carbons (Fsp3) is 0.538. The van der Waals surface area contributed by atoms with Gasteiger partial charge in [0.1, 0.15) is 5.02 Å². The van der Waals surface area contributed by atoms with Gasteiger partial charge in [-0.25, -0.2) is 4.39 Å². The van der Waals surface area contributed by atoms with Gasteiger partial charge in [-0.2, -0.15) is 0 Å². The fourth-order valence-corrected chi connectivity index (χ4v) is 3.57. The molecule has 0 aromatic heterocycles. The number of fused-ring (bicyclic) bond motifs is 2. The molecule has 3 rings (SSSR count). The molecule has 1 aromatic carbocycles. The van der Waals surface area contributed by atoms with E-state index in [1.807, 2.05) is 0 Å². The molecule has 18 heavy (non-hydrogen) atoms. The minimum Gasteiger partial charge on any atom is -0.397 e. The Morgan fingerprint density at radius 3 is 2.61 bits per heavy atom. The Labute approximate surface area is 111 Å². The predicted octanol–water partition coefficient (Wildman–Crippen LogP) is 3.24. The predicted molar refractivity (Wildman–Crippen MR) is 73.1 cm³/mol. The van der Waals surface area contributed by atoms with E-state index in [2.05, 4.69) is 5.32 Å². The summed E-state index contributed by atoms with van der Waals surface area (Å²) in [4.78, 5) is 0. The number of benzene rings is 1. The van der Waals surface area contributed by atoms with E-state index >= 15 is 0 Å². The first-order valence-corrected chi connectivity index (χ1v) is 6.73. The van der Waals surface area contributed by atoms with Crippen molar-refractivity contribution in [2.75, 3.05) is 16.8 Å². The van der Waals surface area contributed by atoms with Crippen molar-refractivity contribution >= 4 is 28.7 Å². The quantitative estimate of drug-likeness (QED) is 0.722. The summed E-state index contributed by atoms with van der Waals surface area (Å²) < 4.78 is 14.1. The van der Waals surface area contributed by atoms with Crippen LogP contribution in [0.15, 0.2) is 6.07 Å². The highest BCUT2D eigenvalue weighted by molar-refractivity contribution is 6.33. The van der Waals surface area contributed by atoms with E-state index in [1.54, 1.807) is 0 Å². The molecule has 3 atom stereocenters. The molecule has 0 spiro atoms. The molecular weight excluding hydrogens is 253 g/mol. The smallest absolute Gasteiger partial charge is 0.169 e. The van der Waals surface area contributed by atoms with Crippen LogP contribution in [0.5, 0.6) is 0 Å². The van der Waals surface area contributed by atoms with Crippen LogP contribution in [0.3, 0.4) is 0 Å². The molecular formula is C13H17ClFN3. The molecule has 1 aromatic rings. The summed E-state index contributed by atoms with van der Waals surface area (Å²) in [6.45, 7) is 0. The summed E-state index contributed by atoms with van der Waals surface area (Å²) in [6, 6.07) is 1.83. The zero-order valence-corrected chi connectivity index (χ0v) is 10.8. The summed E-state index contributed by atoms with van der Waals surface area (Å²) >= 11 is 5.82. The van der Waals surface area contributed by atoms with Gasteiger partial charge in [0.25, 0.3) is 0 Å². The summed E-state index contributed by atoms with van der Waals surface area (Å²) in [5.41, 5.74) is 12.2. The number of nitrogen functional groups attached to an aromatic ring is 2. The second-order valence-corrected chi connectivity index (χ2v) is 5.86. The molecule has 0 heterocycles. The van der Waals surface area contributed by atoms with Crippen LogP contribution >= 0.6 is 11.6 Å². The van der Waals surface area contributed by atoms with Gasteiger partial charge in [0, 0.05) is 6.04 Å². The lowest BCUT2D eigenvalue weighted by molar-refractivity contribution is 0.438. The number of rotatable bonds is 2. The van der Waals surface area contributed by atoms with Crippen LogP contribution in [0.1, 0.15) is 25.7 Å². The second-order valence-electron chi connectivity index (χ2n) is 5.48. The van der Waals surface area contributed by atoms with Crippen LogP contribution in [-0.4, -0.2) is 6.04 Å². The van der Waals surface area contributed by atoms with Crippen molar-refractivity contribution in [2.45, 2.75) is 31.7 Å². The zero-order chi connectivity index (χ0) is 12.9. The first-order valence-electron chi connectivity index (χ1n) is 6.35. The number of halogens is 2. The molecule has 5 heteroatoms. The fourth-order valence-electron chi connectivity index (χ4n) is 3.42. The van der Waals surface area contributed by atoms with Gasteiger partial charge < -0.3 is 16.8 Å². The van der Waals surface area contributed by atoms with Crippen molar-refractivity contribution in [1.29, 1.82) is 0 Å². The highest BCUT2D eigenvalue weighted by Crippen LogP contribution is 2.46. The molecule has 98 valence electrons. The number of nitrogens with one attached hydrogen (secondary N) is 1. The third-order valence-electron chi connectivity index (χ3n) is 4.33. The van der Waals surface area contributed by atoms with Gasteiger partial charge in [0.05, 0.1) is 17.1 Å². The van der Waals surface area contributed by atoms with Gasteiger partial charge in [-0.05, 0) is 37.2 Å². The van der Waals surface area contributed by atoms with Crippen LogP contribution < -0.4 is 16.8 Å². The van der Waals surface area contributed by atoms with E-state index in [4.69, 9.17) is 23.1 Å². The normalized spacial score (nSPS) is 29.8. The monoisotopic (exact) mass is 269 g/mol. The third-order valence-corrected chi connectivity index (χ3v) is 4.72. The lowest BCUT2D eigenvalue weighted by atomic mass is 9.95. The molecule has 3 nitrogen and oxygen atoms in total. The topological polar surface area (TPSA) is 64.1 Å². The van der Waals surface area contributed by atoms with Crippen LogP contribution in [0.25, 0.3) is 0 Å². The average Bonchev–Trinajstić information content (AvgIpc) is 2.94. The molecule has 2 aliphatic rings. The van der Waals surface area contributed by atoms with E-state index in [0.29, 0.717) is 23.3 Å². The minimum atomic E-state index is -0.531. The van der Waals surface area contributed by atoms with E-state index in [9.17, 15) is 4.39 Å². The van der Waals surface area contributed by atoms with Crippen molar-refractivity contribution < 1.29 is 4.39 Å². The van der Waals surface area contributed by atoms with Crippen LogP contribution in [-0.2, 0) is 0 Å². The molecule has 0 radical (unpaired) electrons. The molecule has 3 unspecified atom stereocenters. The van der Waals surface area contributed by atoms with Crippen LogP contribution in [0.2, 0.25) is 5.02 Å². The summed E-state index contributed by atoms with van der Waals surface area (Å²) in [5, 5.41) is 3.19. The molecule has 0 saturated heterocycles. The van der Waals surface area contributed by atoms with Gasteiger partial charge in [0.15, 0.2) is 5.82 Å². The van der Waals surface area contributed by atoms with Gasteiger partial charge in [0.2, 0.25) is 0 Å². The zero-order valence-electron chi connectivity index (χ0n) is 10.0. The second kappa shape index (κ2) is 4.19. The Morgan fingerprint density at radius 2 is 2.00 bits per heavy atom. The van der Waals surface area contributed by atoms with Gasteiger partial charge in [-0.3, -0.25) is 0 Å². The highest BCUT2D eigenvalue weighted by atomic mass is 35.5. The van der Waals surface area contributed by atoms with Gasteiger partial charge in [-0.15, -0.1) is 0 Å². The van der Waals surface area contributed by atoms with Crippen molar-refractivity contribution in [3.8, 4) is 0 Å². The van der Waals surface area contributed by atoms with Gasteiger partial charge in [-0.1, -0.05) is 18.0 Å². The maximum atomic E-state index is 14.1. The number of hydrogen-bond acceptors (Lipinski definition) is 3. The maximum Gasteiger partial charge on any atom is 0.169 e. The molecule has 2 aliphatic carbocycles. The van der Waals surface area contributed by atoms with Crippen LogP contribution in [0, 0.1) is 17.7 Å². The van der Waals surface area contributed by atoms with Crippen molar-refractivity contribution in [2.24, 2.45) is 11.8 Å². The Kier molecular flexibility index (Phi) is 2.77. The highest BCUT2D eigenvalue weighted by Gasteiger charge is 2.40. The van der Waals surface area contributed by atoms with Crippen molar-refractivity contribution in [3.63, 3.8) is 0 Å². The van der Waals surface area contributed by atoms with Crippen molar-refractivity contribution in [1.82, 2.24) is 0 Å². The van der Waals surface area contributed by atoms with E-state index in [1.165, 1.54) is 25.3 Å². The SMILES string of the molecule is Nc1cc(N)c(NC2CC3CCC2C3)c(F)c1Cl. The number of nitrogens with two attached hydrogens (primary N) is 2. The minimum absolute atomic E-state index is 0.0464. The number of hydrogen-bond donors (Lipinski definition) is 3. The summed E-state index contributed by atoms with van der Waals surface area (Å²) in [6.07, 6.45) is 4.89. The van der Waals surface area contributed by atoms with Crippen LogP contribution in [0.4, 0.5) is 21.5 Å². The molecule has 0 aliphatic heterocycles. The van der Waals surface area contributed by atoms with E-state index < -0.39 is 5.82 Å². The lowest BCUT2D eigenvalue weighted by Crippen LogP contribution is -2.27. The molecule has 5 N–H and O–H groups in total. The van der Waals surface area contributed by atoms with E-state index in [-0.39, 0.29) is 10.7 Å². The Hall–Kier alpha value is -1.16. The Bertz CT molecular complexity index is 492. The largest absolute Gasteiger partial charge is 0.397 e. The number of anilines is 3. The third kappa shape index (κ3) is 1.79. The lowest BCUT2D eigenvalue weighted by Gasteiger charge is -2.25. The average molecular weight is 270 g/mol. The standard InChI is InChI=1S/C13H17ClFN3/c14-11-8(16)5-9(17)13(12(11)15)18-10-4-6-1-2-7(10)3-6/h5-7,10,18H,1-4,16-17H2. The molecule has 2 fully saturated rings. The molecule has 0 amide bonds. The van der Waals surface area contributed by atoms with Crippen molar-refractivity contribution in [3.05, 3.63) is 16.9 Å². The Balaban J connectivity index is 1.87. The summed E-state index contributed by atoms with van der Waals surface area (Å²) in [7, 11) is 0. The first kappa shape index (κ1) is 11.9. The maximum absolute atomic E-state index is 14.1. The molecule has 2 saturated carbocycles. The Morgan fingerprint density at radius 1 is 1.22 bits per heavy atom. The molecule has 2 bridgehead atoms. The first-order chi connectivity index (χ1) is 8.56. The van der Waals surface area contributed by atoms with Gasteiger partial charge >= 0.3 is 0 Å². The van der Waals surface area contributed by atoms with E-state index in [0.717, 1.165) is 12.3 Å².